The Morgan fingerprint density at radius 1 is 1.09 bits per heavy atom. The summed E-state index contributed by atoms with van der Waals surface area (Å²) in [4.78, 5) is 2.69. The number of likely N-dealkylation sites (tertiary alicyclic amines) is 1. The monoisotopic (exact) mass is 452 g/mol. The van der Waals surface area contributed by atoms with E-state index in [0.29, 0.717) is 18.9 Å². The van der Waals surface area contributed by atoms with E-state index in [4.69, 9.17) is 14.2 Å². The molecule has 4 atom stereocenters. The maximum absolute atomic E-state index is 5.89. The summed E-state index contributed by atoms with van der Waals surface area (Å²) >= 11 is 0. The Balaban J connectivity index is 1.40. The lowest BCUT2D eigenvalue weighted by Crippen LogP contribution is -2.48. The van der Waals surface area contributed by atoms with Crippen LogP contribution in [-0.2, 0) is 16.0 Å². The smallest absolute Gasteiger partial charge is 0.148 e. The van der Waals surface area contributed by atoms with Gasteiger partial charge in [-0.15, -0.1) is 0 Å². The number of nitrogens with zero attached hydrogens (tertiary/aromatic N) is 1. The van der Waals surface area contributed by atoms with Gasteiger partial charge in [-0.1, -0.05) is 48.5 Å². The summed E-state index contributed by atoms with van der Waals surface area (Å²) in [5, 5.41) is 3.88. The number of unbranched alkanes of at least 4 members (excludes halogenated alkanes) is 1. The molecule has 0 radical (unpaired) electrons. The summed E-state index contributed by atoms with van der Waals surface area (Å²) in [5.41, 5.74) is 2.48. The zero-order valence-electron chi connectivity index (χ0n) is 20.5. The molecule has 2 saturated heterocycles. The highest BCUT2D eigenvalue weighted by atomic mass is 16.7. The van der Waals surface area contributed by atoms with Gasteiger partial charge in [0, 0.05) is 18.2 Å². The zero-order chi connectivity index (χ0) is 23.1. The second kappa shape index (κ2) is 11.5. The first kappa shape index (κ1) is 24.2. The molecule has 2 fully saturated rings. The van der Waals surface area contributed by atoms with Crippen LogP contribution in [0, 0.1) is 0 Å². The van der Waals surface area contributed by atoms with Crippen LogP contribution in [0.5, 0.6) is 5.75 Å². The van der Waals surface area contributed by atoms with Gasteiger partial charge in [-0.3, -0.25) is 4.90 Å². The van der Waals surface area contributed by atoms with Crippen molar-refractivity contribution in [1.29, 1.82) is 0 Å². The first-order valence-electron chi connectivity index (χ1n) is 12.5. The summed E-state index contributed by atoms with van der Waals surface area (Å²) in [6.45, 7) is 7.83. The Hall–Kier alpha value is -1.92. The molecule has 0 saturated carbocycles. The van der Waals surface area contributed by atoms with Gasteiger partial charge in [0.2, 0.25) is 0 Å². The lowest BCUT2D eigenvalue weighted by molar-refractivity contribution is -0.00551. The van der Waals surface area contributed by atoms with Gasteiger partial charge in [0.1, 0.15) is 12.5 Å². The number of piperidine rings is 1. The van der Waals surface area contributed by atoms with Crippen LogP contribution < -0.4 is 10.1 Å². The minimum absolute atomic E-state index is 0.139. The lowest BCUT2D eigenvalue weighted by atomic mass is 9.89. The predicted octanol–water partition coefficient (Wildman–Crippen LogP) is 5.31. The van der Waals surface area contributed by atoms with Crippen molar-refractivity contribution in [3.63, 3.8) is 0 Å². The van der Waals surface area contributed by atoms with E-state index >= 15 is 0 Å². The fourth-order valence-corrected chi connectivity index (χ4v) is 5.34. The van der Waals surface area contributed by atoms with Crippen molar-refractivity contribution in [2.24, 2.45) is 0 Å². The van der Waals surface area contributed by atoms with Crippen molar-refractivity contribution in [2.75, 3.05) is 27.0 Å². The van der Waals surface area contributed by atoms with Crippen LogP contribution in [-0.4, -0.2) is 49.6 Å². The van der Waals surface area contributed by atoms with Crippen LogP contribution in [0.1, 0.15) is 63.1 Å². The van der Waals surface area contributed by atoms with Crippen molar-refractivity contribution < 1.29 is 14.2 Å². The standard InChI is InChI=1S/C28H40N2O3/c1-22-28(2,33-21-32-22)17-9-10-18-30-19-11-15-25(27(30)23-12-5-4-6-13-23)29-20-24-14-7-8-16-26(24)31-3/h4-8,12-14,16,22,25,27,29H,9-11,15,17-21H2,1-3H3/t22?,25-,27-,28?/m0/s1. The number of rotatable bonds is 10. The van der Waals surface area contributed by atoms with Gasteiger partial charge in [-0.25, -0.2) is 0 Å². The quantitative estimate of drug-likeness (QED) is 0.495. The minimum atomic E-state index is -0.139. The number of hydrogen-bond donors (Lipinski definition) is 1. The van der Waals surface area contributed by atoms with Crippen LogP contribution in [0.15, 0.2) is 54.6 Å². The van der Waals surface area contributed by atoms with Crippen molar-refractivity contribution in [2.45, 2.75) is 76.3 Å². The van der Waals surface area contributed by atoms with Crippen LogP contribution >= 0.6 is 0 Å². The molecule has 5 heteroatoms. The molecule has 2 aliphatic rings. The third-order valence-corrected chi connectivity index (χ3v) is 7.56. The molecule has 1 N–H and O–H groups in total. The molecule has 0 spiro atoms. The fourth-order valence-electron chi connectivity index (χ4n) is 5.34. The van der Waals surface area contributed by atoms with E-state index in [-0.39, 0.29) is 11.7 Å². The van der Waals surface area contributed by atoms with E-state index < -0.39 is 0 Å². The summed E-state index contributed by atoms with van der Waals surface area (Å²) in [6, 6.07) is 20.1. The normalized spacial score (nSPS) is 28.2. The molecule has 5 nitrogen and oxygen atoms in total. The van der Waals surface area contributed by atoms with Crippen molar-refractivity contribution >= 4 is 0 Å². The van der Waals surface area contributed by atoms with E-state index in [1.54, 1.807) is 7.11 Å². The maximum Gasteiger partial charge on any atom is 0.148 e. The second-order valence-corrected chi connectivity index (χ2v) is 9.67. The summed E-state index contributed by atoms with van der Waals surface area (Å²) in [5.74, 6) is 0.953. The van der Waals surface area contributed by atoms with Gasteiger partial charge in [0.25, 0.3) is 0 Å². The minimum Gasteiger partial charge on any atom is -0.496 e. The topological polar surface area (TPSA) is 43.0 Å². The number of hydrogen-bond acceptors (Lipinski definition) is 5. The Kier molecular flexibility index (Phi) is 8.42. The molecule has 0 aromatic heterocycles. The molecule has 2 unspecified atom stereocenters. The van der Waals surface area contributed by atoms with Crippen LogP contribution in [0.3, 0.4) is 0 Å². The van der Waals surface area contributed by atoms with Crippen molar-refractivity contribution in [1.82, 2.24) is 10.2 Å². The summed E-state index contributed by atoms with van der Waals surface area (Å²) in [6.07, 6.45) is 5.96. The third-order valence-electron chi connectivity index (χ3n) is 7.56. The number of para-hydroxylation sites is 1. The molecule has 4 rings (SSSR count). The van der Waals surface area contributed by atoms with Crippen molar-refractivity contribution in [3.8, 4) is 5.75 Å². The van der Waals surface area contributed by atoms with E-state index in [1.807, 2.05) is 12.1 Å². The highest BCUT2D eigenvalue weighted by Gasteiger charge is 2.38. The molecule has 2 aromatic carbocycles. The van der Waals surface area contributed by atoms with Gasteiger partial charge in [-0.2, -0.15) is 0 Å². The molecule has 0 amide bonds. The molecule has 0 aliphatic carbocycles. The lowest BCUT2D eigenvalue weighted by Gasteiger charge is -2.42. The van der Waals surface area contributed by atoms with E-state index in [0.717, 1.165) is 38.2 Å². The second-order valence-electron chi connectivity index (χ2n) is 9.67. The number of nitrogens with one attached hydrogen (secondary N) is 1. The molecule has 33 heavy (non-hydrogen) atoms. The Morgan fingerprint density at radius 2 is 1.88 bits per heavy atom. The zero-order valence-corrected chi connectivity index (χ0v) is 20.5. The Bertz CT molecular complexity index is 861. The van der Waals surface area contributed by atoms with Crippen LogP contribution in [0.4, 0.5) is 0 Å². The molecule has 180 valence electrons. The van der Waals surface area contributed by atoms with Crippen molar-refractivity contribution in [3.05, 3.63) is 65.7 Å². The maximum atomic E-state index is 5.89. The fraction of sp³-hybridized carbons (Fsp3) is 0.571. The van der Waals surface area contributed by atoms with Gasteiger partial charge in [-0.05, 0) is 70.7 Å². The summed E-state index contributed by atoms with van der Waals surface area (Å²) < 4.78 is 17.1. The molecular weight excluding hydrogens is 412 g/mol. The Morgan fingerprint density at radius 3 is 2.64 bits per heavy atom. The van der Waals surface area contributed by atoms with Crippen LogP contribution in [0.2, 0.25) is 0 Å². The number of benzene rings is 2. The molecule has 0 bridgehead atoms. The average molecular weight is 453 g/mol. The first-order valence-corrected chi connectivity index (χ1v) is 12.5. The van der Waals surface area contributed by atoms with Gasteiger partial charge in [0.05, 0.1) is 24.9 Å². The van der Waals surface area contributed by atoms with Crippen LogP contribution in [0.25, 0.3) is 0 Å². The SMILES string of the molecule is COc1ccccc1CN[C@H]1CCCN(CCCCC2(C)OCOC2C)[C@H]1c1ccccc1. The number of methoxy groups -OCH3 is 1. The van der Waals surface area contributed by atoms with Gasteiger partial charge < -0.3 is 19.5 Å². The highest BCUT2D eigenvalue weighted by molar-refractivity contribution is 5.33. The molecule has 2 heterocycles. The van der Waals surface area contributed by atoms with E-state index in [2.05, 4.69) is 66.5 Å². The predicted molar refractivity (Wildman–Crippen MR) is 132 cm³/mol. The largest absolute Gasteiger partial charge is 0.496 e. The van der Waals surface area contributed by atoms with E-state index in [9.17, 15) is 0 Å². The number of ether oxygens (including phenoxy) is 3. The summed E-state index contributed by atoms with van der Waals surface area (Å²) in [7, 11) is 1.75. The van der Waals surface area contributed by atoms with E-state index in [1.165, 1.54) is 30.4 Å². The Labute approximate surface area is 199 Å². The highest BCUT2D eigenvalue weighted by Crippen LogP contribution is 2.34. The molecular formula is C28H40N2O3. The average Bonchev–Trinajstić information content (AvgIpc) is 3.19. The third kappa shape index (κ3) is 5.96. The van der Waals surface area contributed by atoms with Gasteiger partial charge in [0.15, 0.2) is 0 Å². The first-order chi connectivity index (χ1) is 16.1. The molecule has 2 aromatic rings. The molecule has 2 aliphatic heterocycles. The van der Waals surface area contributed by atoms with Gasteiger partial charge >= 0.3 is 0 Å².